The third-order valence-electron chi connectivity index (χ3n) is 2.59. The van der Waals surface area contributed by atoms with Gasteiger partial charge in [0.15, 0.2) is 0 Å². The van der Waals surface area contributed by atoms with Crippen molar-refractivity contribution in [3.05, 3.63) is 35.9 Å². The zero-order valence-electron chi connectivity index (χ0n) is 10.0. The first kappa shape index (κ1) is 14.2. The number of aryl methyl sites for hydroxylation is 1. The minimum absolute atomic E-state index is 0.0881. The van der Waals surface area contributed by atoms with Crippen LogP contribution in [0.3, 0.4) is 0 Å². The molecule has 1 aromatic rings. The lowest BCUT2D eigenvalue weighted by molar-refractivity contribution is 0.257. The van der Waals surface area contributed by atoms with E-state index < -0.39 is 10.0 Å². The van der Waals surface area contributed by atoms with Crippen molar-refractivity contribution >= 4 is 10.0 Å². The van der Waals surface area contributed by atoms with Crippen LogP contribution < -0.4 is 0 Å². The van der Waals surface area contributed by atoms with E-state index in [0.29, 0.717) is 13.0 Å². The van der Waals surface area contributed by atoms with Crippen molar-refractivity contribution in [1.82, 2.24) is 4.31 Å². The Hall–Kier alpha value is -0.910. The van der Waals surface area contributed by atoms with Gasteiger partial charge in [-0.3, -0.25) is 0 Å². The van der Waals surface area contributed by atoms with Gasteiger partial charge in [-0.15, -0.1) is 0 Å². The Morgan fingerprint density at radius 3 is 2.41 bits per heavy atom. The average Bonchev–Trinajstić information content (AvgIpc) is 2.34. The number of sulfonamides is 1. The first-order valence-electron chi connectivity index (χ1n) is 5.72. The Morgan fingerprint density at radius 1 is 1.24 bits per heavy atom. The van der Waals surface area contributed by atoms with Crippen LogP contribution in [0.15, 0.2) is 30.3 Å². The number of benzene rings is 1. The highest BCUT2D eigenvalue weighted by Gasteiger charge is 2.19. The molecule has 0 amide bonds. The van der Waals surface area contributed by atoms with Gasteiger partial charge in [-0.25, -0.2) is 8.42 Å². The van der Waals surface area contributed by atoms with E-state index in [2.05, 4.69) is 0 Å². The molecule has 1 N–H and O–H groups in total. The Kier molecular flexibility index (Phi) is 5.61. The van der Waals surface area contributed by atoms with E-state index >= 15 is 0 Å². The van der Waals surface area contributed by atoms with Crippen molar-refractivity contribution in [3.8, 4) is 0 Å². The van der Waals surface area contributed by atoms with Gasteiger partial charge in [0.25, 0.3) is 0 Å². The van der Waals surface area contributed by atoms with Gasteiger partial charge < -0.3 is 5.11 Å². The minimum Gasteiger partial charge on any atom is -0.395 e. The maximum Gasteiger partial charge on any atom is 0.214 e. The second kappa shape index (κ2) is 6.74. The number of aliphatic hydroxyl groups excluding tert-OH is 1. The SMILES string of the molecule is CCN(CCO)S(=O)(=O)CCc1ccccc1. The summed E-state index contributed by atoms with van der Waals surface area (Å²) in [5.41, 5.74) is 1.01. The molecule has 0 aliphatic rings. The van der Waals surface area contributed by atoms with E-state index in [9.17, 15) is 8.42 Å². The van der Waals surface area contributed by atoms with Crippen LogP contribution >= 0.6 is 0 Å². The Labute approximate surface area is 103 Å². The summed E-state index contributed by atoms with van der Waals surface area (Å²) in [7, 11) is -3.26. The van der Waals surface area contributed by atoms with Gasteiger partial charge in [-0.05, 0) is 12.0 Å². The van der Waals surface area contributed by atoms with Gasteiger partial charge >= 0.3 is 0 Å². The fourth-order valence-corrected chi connectivity index (χ4v) is 3.13. The molecule has 0 aliphatic carbocycles. The smallest absolute Gasteiger partial charge is 0.214 e. The molecule has 0 heterocycles. The molecule has 0 saturated heterocycles. The van der Waals surface area contributed by atoms with Crippen molar-refractivity contribution in [2.45, 2.75) is 13.3 Å². The minimum atomic E-state index is -3.26. The first-order valence-corrected chi connectivity index (χ1v) is 7.33. The van der Waals surface area contributed by atoms with E-state index in [1.165, 1.54) is 4.31 Å². The topological polar surface area (TPSA) is 57.6 Å². The molecule has 0 aliphatic heterocycles. The predicted octanol–water partition coefficient (Wildman–Crippen LogP) is 0.873. The lowest BCUT2D eigenvalue weighted by Gasteiger charge is -2.19. The monoisotopic (exact) mass is 257 g/mol. The van der Waals surface area contributed by atoms with E-state index in [-0.39, 0.29) is 18.9 Å². The van der Waals surface area contributed by atoms with Crippen LogP contribution in [-0.2, 0) is 16.4 Å². The molecule has 0 spiro atoms. The van der Waals surface area contributed by atoms with Gasteiger partial charge in [-0.1, -0.05) is 37.3 Å². The second-order valence-electron chi connectivity index (χ2n) is 3.77. The van der Waals surface area contributed by atoms with E-state index in [1.807, 2.05) is 30.3 Å². The molecule has 0 saturated carbocycles. The molecule has 4 nitrogen and oxygen atoms in total. The zero-order chi connectivity index (χ0) is 12.7. The summed E-state index contributed by atoms with van der Waals surface area (Å²) in [6.45, 7) is 2.21. The van der Waals surface area contributed by atoms with Crippen molar-refractivity contribution < 1.29 is 13.5 Å². The fraction of sp³-hybridized carbons (Fsp3) is 0.500. The summed E-state index contributed by atoms with van der Waals surface area (Å²) >= 11 is 0. The number of rotatable bonds is 7. The zero-order valence-corrected chi connectivity index (χ0v) is 10.9. The molecule has 17 heavy (non-hydrogen) atoms. The number of hydrogen-bond donors (Lipinski definition) is 1. The fourth-order valence-electron chi connectivity index (χ4n) is 1.63. The maximum atomic E-state index is 11.9. The molecule has 96 valence electrons. The van der Waals surface area contributed by atoms with Gasteiger partial charge in [0, 0.05) is 13.1 Å². The van der Waals surface area contributed by atoms with E-state index in [1.54, 1.807) is 6.92 Å². The Balaban J connectivity index is 2.60. The molecule has 5 heteroatoms. The number of likely N-dealkylation sites (N-methyl/N-ethyl adjacent to an activating group) is 1. The van der Waals surface area contributed by atoms with E-state index in [4.69, 9.17) is 5.11 Å². The van der Waals surface area contributed by atoms with Gasteiger partial charge in [0.2, 0.25) is 10.0 Å². The van der Waals surface area contributed by atoms with Crippen LogP contribution in [-0.4, -0.2) is 43.3 Å². The molecular formula is C12H19NO3S. The van der Waals surface area contributed by atoms with Gasteiger partial charge in [0.05, 0.1) is 12.4 Å². The van der Waals surface area contributed by atoms with Crippen molar-refractivity contribution in [3.63, 3.8) is 0 Å². The molecule has 0 bridgehead atoms. The molecule has 0 atom stereocenters. The molecular weight excluding hydrogens is 238 g/mol. The van der Waals surface area contributed by atoms with Crippen LogP contribution in [0.2, 0.25) is 0 Å². The number of aliphatic hydroxyl groups is 1. The summed E-state index contributed by atoms with van der Waals surface area (Å²) in [6.07, 6.45) is 0.505. The van der Waals surface area contributed by atoms with Crippen molar-refractivity contribution in [1.29, 1.82) is 0 Å². The quantitative estimate of drug-likeness (QED) is 0.788. The maximum absolute atomic E-state index is 11.9. The predicted molar refractivity (Wildman–Crippen MR) is 68.3 cm³/mol. The third kappa shape index (κ3) is 4.46. The molecule has 0 fully saturated rings. The number of hydrogen-bond acceptors (Lipinski definition) is 3. The van der Waals surface area contributed by atoms with Gasteiger partial charge in [-0.2, -0.15) is 4.31 Å². The highest BCUT2D eigenvalue weighted by atomic mass is 32.2. The summed E-state index contributed by atoms with van der Waals surface area (Å²) in [4.78, 5) is 0. The summed E-state index contributed by atoms with van der Waals surface area (Å²) in [6, 6.07) is 9.53. The van der Waals surface area contributed by atoms with Crippen molar-refractivity contribution in [2.24, 2.45) is 0 Å². The van der Waals surface area contributed by atoms with Crippen LogP contribution in [0.25, 0.3) is 0 Å². The highest BCUT2D eigenvalue weighted by molar-refractivity contribution is 7.89. The van der Waals surface area contributed by atoms with Crippen LogP contribution in [0.1, 0.15) is 12.5 Å². The third-order valence-corrected chi connectivity index (χ3v) is 4.53. The Bertz CT molecular complexity index is 417. The van der Waals surface area contributed by atoms with Crippen LogP contribution in [0.4, 0.5) is 0 Å². The van der Waals surface area contributed by atoms with Crippen LogP contribution in [0, 0.1) is 0 Å². The lowest BCUT2D eigenvalue weighted by Crippen LogP contribution is -2.35. The van der Waals surface area contributed by atoms with Gasteiger partial charge in [0.1, 0.15) is 0 Å². The van der Waals surface area contributed by atoms with E-state index in [0.717, 1.165) is 5.56 Å². The second-order valence-corrected chi connectivity index (χ2v) is 5.86. The van der Waals surface area contributed by atoms with Crippen molar-refractivity contribution in [2.75, 3.05) is 25.4 Å². The molecule has 1 rings (SSSR count). The molecule has 1 aromatic carbocycles. The number of nitrogens with zero attached hydrogens (tertiary/aromatic N) is 1. The average molecular weight is 257 g/mol. The normalized spacial score (nSPS) is 11.9. The van der Waals surface area contributed by atoms with Crippen LogP contribution in [0.5, 0.6) is 0 Å². The standard InChI is InChI=1S/C12H19NO3S/c1-2-13(9-10-14)17(15,16)11-8-12-6-4-3-5-7-12/h3-7,14H,2,8-11H2,1H3. The molecule has 0 unspecified atom stereocenters. The summed E-state index contributed by atoms with van der Waals surface area (Å²) < 4.78 is 25.2. The summed E-state index contributed by atoms with van der Waals surface area (Å²) in [5.74, 6) is 0.0881. The molecule has 0 aromatic heterocycles. The highest BCUT2D eigenvalue weighted by Crippen LogP contribution is 2.06. The lowest BCUT2D eigenvalue weighted by atomic mass is 10.2. The molecule has 0 radical (unpaired) electrons. The summed E-state index contributed by atoms with van der Waals surface area (Å²) in [5, 5.41) is 8.81. The Morgan fingerprint density at radius 2 is 1.88 bits per heavy atom. The largest absolute Gasteiger partial charge is 0.395 e. The first-order chi connectivity index (χ1) is 8.10.